The van der Waals surface area contributed by atoms with Gasteiger partial charge in [0.05, 0.1) is 22.7 Å². The van der Waals surface area contributed by atoms with E-state index in [1.807, 2.05) is 0 Å². The molecule has 35 heavy (non-hydrogen) atoms. The lowest BCUT2D eigenvalue weighted by molar-refractivity contribution is -0.390. The van der Waals surface area contributed by atoms with Crippen molar-refractivity contribution in [2.75, 3.05) is 5.32 Å². The van der Waals surface area contributed by atoms with Crippen molar-refractivity contribution in [1.82, 2.24) is 14.8 Å². The Balaban J connectivity index is 1.83. The van der Waals surface area contributed by atoms with Gasteiger partial charge < -0.3 is 25.6 Å². The summed E-state index contributed by atoms with van der Waals surface area (Å²) in [6.45, 7) is 0.988. The molecule has 0 aliphatic carbocycles. The minimum Gasteiger partial charge on any atom is -0.464 e. The summed E-state index contributed by atoms with van der Waals surface area (Å²) < 4.78 is 46.8. The molecule has 0 unspecified atom stereocenters. The van der Waals surface area contributed by atoms with Gasteiger partial charge in [0.25, 0.3) is 5.91 Å². The van der Waals surface area contributed by atoms with Gasteiger partial charge in [-0.25, -0.2) is 4.98 Å². The predicted octanol–water partition coefficient (Wildman–Crippen LogP) is 4.49. The topological polar surface area (TPSA) is 159 Å². The van der Waals surface area contributed by atoms with Crippen LogP contribution in [0.4, 0.5) is 24.7 Å². The molecular weight excluding hydrogens is 561 g/mol. The largest absolute Gasteiger partial charge is 0.464 e. The number of carbonyl (C=O) groups excluding carboxylic acids is 2. The number of carbonyl (C=O) groups is 2. The average molecular weight is 573 g/mol. The SMILES string of the molecule is Cc1c(Br)c([N+](=O)[O-])nn1CC(=O)Nc1c(C(N)=O)sc2nc(C(F)(F)F)cc(-c3ccco3)c12. The molecule has 3 N–H and O–H groups in total. The number of furan rings is 1. The highest BCUT2D eigenvalue weighted by Gasteiger charge is 2.35. The first-order chi connectivity index (χ1) is 16.4. The van der Waals surface area contributed by atoms with Crippen LogP contribution < -0.4 is 11.1 Å². The molecule has 2 amide bonds. The van der Waals surface area contributed by atoms with Crippen LogP contribution in [0.25, 0.3) is 21.5 Å². The lowest BCUT2D eigenvalue weighted by Crippen LogP contribution is -2.22. The molecule has 0 atom stereocenters. The number of nitro groups is 1. The zero-order valence-electron chi connectivity index (χ0n) is 17.3. The number of rotatable bonds is 6. The van der Waals surface area contributed by atoms with E-state index >= 15 is 0 Å². The zero-order valence-corrected chi connectivity index (χ0v) is 19.7. The number of hydrogen-bond acceptors (Lipinski definition) is 8. The molecule has 0 bridgehead atoms. The van der Waals surface area contributed by atoms with Gasteiger partial charge in [-0.15, -0.1) is 11.3 Å². The van der Waals surface area contributed by atoms with E-state index in [0.29, 0.717) is 11.3 Å². The first-order valence-corrected chi connectivity index (χ1v) is 11.0. The van der Waals surface area contributed by atoms with Gasteiger partial charge in [-0.3, -0.25) is 9.59 Å². The second-order valence-corrected chi connectivity index (χ2v) is 8.86. The summed E-state index contributed by atoms with van der Waals surface area (Å²) in [6.07, 6.45) is -3.55. The summed E-state index contributed by atoms with van der Waals surface area (Å²) in [5.74, 6) is -2.24. The third kappa shape index (κ3) is 4.49. The molecule has 0 aliphatic rings. The monoisotopic (exact) mass is 572 g/mol. The molecule has 0 saturated carbocycles. The number of nitrogens with two attached hydrogens (primary N) is 1. The summed E-state index contributed by atoms with van der Waals surface area (Å²) in [5.41, 5.74) is 4.26. The summed E-state index contributed by atoms with van der Waals surface area (Å²) in [6, 6.07) is 3.61. The van der Waals surface area contributed by atoms with Crippen molar-refractivity contribution < 1.29 is 32.1 Å². The maximum atomic E-state index is 13.5. The summed E-state index contributed by atoms with van der Waals surface area (Å²) in [5, 5.41) is 17.3. The van der Waals surface area contributed by atoms with Crippen LogP contribution in [0.5, 0.6) is 0 Å². The zero-order chi connectivity index (χ0) is 25.7. The van der Waals surface area contributed by atoms with Gasteiger partial charge in [-0.2, -0.15) is 17.9 Å². The Morgan fingerprint density at radius 1 is 1.40 bits per heavy atom. The predicted molar refractivity (Wildman–Crippen MR) is 121 cm³/mol. The van der Waals surface area contributed by atoms with Gasteiger partial charge in [-0.1, -0.05) is 0 Å². The van der Waals surface area contributed by atoms with E-state index < -0.39 is 41.0 Å². The third-order valence-electron chi connectivity index (χ3n) is 4.81. The Labute approximate surface area is 205 Å². The number of anilines is 1. The van der Waals surface area contributed by atoms with Crippen LogP contribution >= 0.6 is 27.3 Å². The lowest BCUT2D eigenvalue weighted by atomic mass is 10.1. The van der Waals surface area contributed by atoms with Gasteiger partial charge in [-0.05, 0) is 46.0 Å². The summed E-state index contributed by atoms with van der Waals surface area (Å²) in [4.78, 5) is 38.5. The van der Waals surface area contributed by atoms with E-state index in [-0.39, 0.29) is 42.3 Å². The first kappa shape index (κ1) is 24.3. The second kappa shape index (κ2) is 8.77. The molecule has 182 valence electrons. The molecular formula is C19H12BrF3N6O5S. The maximum absolute atomic E-state index is 13.5. The molecule has 0 saturated heterocycles. The van der Waals surface area contributed by atoms with Crippen LogP contribution in [0.2, 0.25) is 0 Å². The summed E-state index contributed by atoms with van der Waals surface area (Å²) >= 11 is 3.62. The molecule has 4 aromatic heterocycles. The fraction of sp³-hybridized carbons (Fsp3) is 0.158. The number of nitrogens with zero attached hydrogens (tertiary/aromatic N) is 4. The molecule has 0 aliphatic heterocycles. The number of aromatic nitrogens is 3. The van der Waals surface area contributed by atoms with Crippen molar-refractivity contribution in [3.8, 4) is 11.3 Å². The van der Waals surface area contributed by atoms with E-state index in [9.17, 15) is 32.9 Å². The molecule has 0 spiro atoms. The van der Waals surface area contributed by atoms with Crippen molar-refractivity contribution in [2.24, 2.45) is 5.73 Å². The van der Waals surface area contributed by atoms with Crippen molar-refractivity contribution >= 4 is 60.8 Å². The average Bonchev–Trinajstić information content (AvgIpc) is 3.48. The third-order valence-corrected chi connectivity index (χ3v) is 6.84. The van der Waals surface area contributed by atoms with E-state index in [1.54, 1.807) is 0 Å². The molecule has 16 heteroatoms. The van der Waals surface area contributed by atoms with Crippen LogP contribution in [-0.2, 0) is 17.5 Å². The molecule has 4 aromatic rings. The van der Waals surface area contributed by atoms with Crippen LogP contribution in [-0.4, -0.2) is 31.5 Å². The quantitative estimate of drug-likeness (QED) is 0.254. The molecule has 0 fully saturated rings. The number of amides is 2. The van der Waals surface area contributed by atoms with E-state index in [0.717, 1.165) is 10.7 Å². The number of alkyl halides is 3. The molecule has 0 aromatic carbocycles. The molecule has 11 nitrogen and oxygen atoms in total. The molecule has 0 radical (unpaired) electrons. The highest BCUT2D eigenvalue weighted by Crippen LogP contribution is 2.43. The Kier molecular flexibility index (Phi) is 6.10. The number of fused-ring (bicyclic) bond motifs is 1. The van der Waals surface area contributed by atoms with Crippen LogP contribution in [0.3, 0.4) is 0 Å². The van der Waals surface area contributed by atoms with Gasteiger partial charge in [0.1, 0.15) is 32.2 Å². The number of thiophene rings is 1. The highest BCUT2D eigenvalue weighted by molar-refractivity contribution is 9.10. The van der Waals surface area contributed by atoms with Crippen LogP contribution in [0.1, 0.15) is 21.1 Å². The van der Waals surface area contributed by atoms with Gasteiger partial charge in [0.15, 0.2) is 0 Å². The number of hydrogen-bond donors (Lipinski definition) is 2. The van der Waals surface area contributed by atoms with Gasteiger partial charge in [0, 0.05) is 10.9 Å². The number of primary amides is 1. The Hall–Kier alpha value is -3.79. The van der Waals surface area contributed by atoms with Crippen molar-refractivity contribution in [2.45, 2.75) is 19.6 Å². The lowest BCUT2D eigenvalue weighted by Gasteiger charge is -2.11. The number of pyridine rings is 1. The van der Waals surface area contributed by atoms with E-state index in [1.165, 1.54) is 25.3 Å². The fourth-order valence-electron chi connectivity index (χ4n) is 3.26. The van der Waals surface area contributed by atoms with Crippen molar-refractivity contribution in [1.29, 1.82) is 0 Å². The van der Waals surface area contributed by atoms with Crippen LogP contribution in [0.15, 0.2) is 33.4 Å². The van der Waals surface area contributed by atoms with Gasteiger partial charge in [0.2, 0.25) is 5.91 Å². The van der Waals surface area contributed by atoms with E-state index in [4.69, 9.17) is 10.2 Å². The number of nitrogens with one attached hydrogen (secondary N) is 1. The second-order valence-electron chi connectivity index (χ2n) is 7.07. The Bertz CT molecular complexity index is 1500. The minimum atomic E-state index is -4.80. The fourth-order valence-corrected chi connectivity index (χ4v) is 4.69. The minimum absolute atomic E-state index is 0.0180. The molecule has 4 heterocycles. The van der Waals surface area contributed by atoms with E-state index in [2.05, 4.69) is 31.3 Å². The van der Waals surface area contributed by atoms with Crippen molar-refractivity contribution in [3.05, 3.63) is 55.3 Å². The normalized spacial score (nSPS) is 11.7. The Morgan fingerprint density at radius 3 is 2.66 bits per heavy atom. The van der Waals surface area contributed by atoms with Crippen molar-refractivity contribution in [3.63, 3.8) is 0 Å². The maximum Gasteiger partial charge on any atom is 0.433 e. The smallest absolute Gasteiger partial charge is 0.433 e. The standard InChI is InChI=1S/C19H12BrF3N6O5S/c1-7-13(20)17(29(32)33)27-28(7)6-11(30)26-14-12-8(9-3-2-4-34-9)5-10(19(21,22)23)25-18(12)35-15(14)16(24)31/h2-5H,6H2,1H3,(H2,24,31)(H,26,30). The van der Waals surface area contributed by atoms with Crippen LogP contribution in [0, 0.1) is 17.0 Å². The Morgan fingerprint density at radius 2 is 2.11 bits per heavy atom. The highest BCUT2D eigenvalue weighted by atomic mass is 79.9. The first-order valence-electron chi connectivity index (χ1n) is 9.44. The summed E-state index contributed by atoms with van der Waals surface area (Å²) in [7, 11) is 0. The number of halogens is 4. The van der Waals surface area contributed by atoms with Gasteiger partial charge >= 0.3 is 12.0 Å². The molecule has 4 rings (SSSR count).